The second kappa shape index (κ2) is 15.0. The first-order valence-corrected chi connectivity index (χ1v) is 12.8. The molecule has 0 bridgehead atoms. The number of esters is 1. The fourth-order valence-electron chi connectivity index (χ4n) is 4.40. The molecule has 2 rings (SSSR count). The number of amides is 1. The number of carbonyl (C=O) groups excluding carboxylic acids is 2. The summed E-state index contributed by atoms with van der Waals surface area (Å²) in [5.74, 6) is -13.3. The maximum Gasteiger partial charge on any atom is 0.328 e. The summed E-state index contributed by atoms with van der Waals surface area (Å²) in [5.41, 5.74) is -1.55. The molecule has 1 aromatic carbocycles. The maximum absolute atomic E-state index is 14.0. The molecular weight excluding hydrogens is 469 g/mol. The molecule has 0 saturated carbocycles. The molecule has 0 spiro atoms. The van der Waals surface area contributed by atoms with E-state index < -0.39 is 52.6 Å². The van der Waals surface area contributed by atoms with Gasteiger partial charge in [-0.05, 0) is 19.3 Å². The lowest BCUT2D eigenvalue weighted by Gasteiger charge is -2.24. The van der Waals surface area contributed by atoms with Gasteiger partial charge in [-0.2, -0.15) is 0 Å². The largest absolute Gasteiger partial charge is 0.464 e. The van der Waals surface area contributed by atoms with Crippen molar-refractivity contribution < 1.29 is 36.3 Å². The van der Waals surface area contributed by atoms with Crippen LogP contribution in [0.2, 0.25) is 0 Å². The van der Waals surface area contributed by atoms with Crippen molar-refractivity contribution in [1.29, 1.82) is 0 Å². The highest BCUT2D eigenvalue weighted by molar-refractivity contribution is 5.97. The second-order valence-electron chi connectivity index (χ2n) is 9.16. The second-order valence-corrected chi connectivity index (χ2v) is 9.16. The summed E-state index contributed by atoms with van der Waals surface area (Å²) in [7, 11) is 0. The van der Waals surface area contributed by atoms with E-state index in [0.717, 1.165) is 24.2 Å². The molecule has 1 saturated heterocycles. The van der Waals surface area contributed by atoms with Gasteiger partial charge >= 0.3 is 5.97 Å². The van der Waals surface area contributed by atoms with Crippen molar-refractivity contribution in [2.24, 2.45) is 0 Å². The molecule has 1 unspecified atom stereocenters. The topological polar surface area (TPSA) is 46.6 Å². The number of benzene rings is 1. The highest BCUT2D eigenvalue weighted by Crippen LogP contribution is 2.28. The molecule has 0 aromatic heterocycles. The Balaban J connectivity index is 1.71. The van der Waals surface area contributed by atoms with E-state index in [9.17, 15) is 31.5 Å². The standard InChI is InChI=1S/C26H36F5NO3/c1-2-3-4-5-6-7-8-9-10-11-12-13-17-35-26(34)18-15-14-16-32(18)25(33)19-20(27)22(29)24(31)23(30)21(19)28/h18H,2-17H2,1H3. The summed E-state index contributed by atoms with van der Waals surface area (Å²) in [4.78, 5) is 25.9. The third-order valence-corrected chi connectivity index (χ3v) is 6.45. The molecule has 1 aliphatic heterocycles. The molecule has 0 N–H and O–H groups in total. The van der Waals surface area contributed by atoms with Gasteiger partial charge in [-0.3, -0.25) is 4.79 Å². The summed E-state index contributed by atoms with van der Waals surface area (Å²) >= 11 is 0. The van der Waals surface area contributed by atoms with Crippen LogP contribution >= 0.6 is 0 Å². The normalized spacial score (nSPS) is 15.6. The molecule has 4 nitrogen and oxygen atoms in total. The van der Waals surface area contributed by atoms with E-state index in [0.29, 0.717) is 12.8 Å². The van der Waals surface area contributed by atoms with Crippen molar-refractivity contribution in [2.45, 2.75) is 103 Å². The predicted molar refractivity (Wildman–Crippen MR) is 122 cm³/mol. The van der Waals surface area contributed by atoms with Gasteiger partial charge in [0.05, 0.1) is 6.61 Å². The van der Waals surface area contributed by atoms with Gasteiger partial charge in [-0.25, -0.2) is 26.7 Å². The first-order chi connectivity index (χ1) is 16.8. The Bertz CT molecular complexity index is 820. The average Bonchev–Trinajstić information content (AvgIpc) is 3.34. The lowest BCUT2D eigenvalue weighted by atomic mass is 10.1. The van der Waals surface area contributed by atoms with Crippen molar-refractivity contribution in [3.63, 3.8) is 0 Å². The number of rotatable bonds is 15. The van der Waals surface area contributed by atoms with Crippen molar-refractivity contribution in [2.75, 3.05) is 13.2 Å². The zero-order chi connectivity index (χ0) is 25.8. The van der Waals surface area contributed by atoms with E-state index in [2.05, 4.69) is 6.92 Å². The molecule has 1 amide bonds. The van der Waals surface area contributed by atoms with Crippen LogP contribution in [0.4, 0.5) is 22.0 Å². The maximum atomic E-state index is 14.0. The van der Waals surface area contributed by atoms with Crippen molar-refractivity contribution in [1.82, 2.24) is 4.90 Å². The third kappa shape index (κ3) is 8.17. The minimum atomic E-state index is -2.34. The lowest BCUT2D eigenvalue weighted by Crippen LogP contribution is -2.42. The van der Waals surface area contributed by atoms with Gasteiger partial charge < -0.3 is 9.64 Å². The predicted octanol–water partition coefficient (Wildman–Crippen LogP) is 7.23. The fourth-order valence-corrected chi connectivity index (χ4v) is 4.40. The monoisotopic (exact) mass is 505 g/mol. The van der Waals surface area contributed by atoms with Crippen LogP contribution in [0.3, 0.4) is 0 Å². The Morgan fingerprint density at radius 1 is 0.743 bits per heavy atom. The van der Waals surface area contributed by atoms with Crippen LogP contribution in [-0.2, 0) is 9.53 Å². The van der Waals surface area contributed by atoms with Crippen LogP contribution in [0.15, 0.2) is 0 Å². The average molecular weight is 506 g/mol. The number of unbranched alkanes of at least 4 members (excludes halogenated alkanes) is 11. The number of hydrogen-bond acceptors (Lipinski definition) is 3. The van der Waals surface area contributed by atoms with Gasteiger partial charge in [0.25, 0.3) is 5.91 Å². The van der Waals surface area contributed by atoms with Crippen molar-refractivity contribution in [3.05, 3.63) is 34.6 Å². The third-order valence-electron chi connectivity index (χ3n) is 6.45. The Morgan fingerprint density at radius 3 is 1.71 bits per heavy atom. The zero-order valence-electron chi connectivity index (χ0n) is 20.5. The number of ether oxygens (including phenoxy) is 1. The molecule has 1 fully saturated rings. The van der Waals surface area contributed by atoms with Gasteiger partial charge in [0.15, 0.2) is 23.3 Å². The SMILES string of the molecule is CCCCCCCCCCCCCCOC(=O)C1CCCN1C(=O)c1c(F)c(F)c(F)c(F)c1F. The molecular formula is C26H36F5NO3. The molecule has 1 atom stereocenters. The van der Waals surface area contributed by atoms with Gasteiger partial charge in [0, 0.05) is 6.54 Å². The lowest BCUT2D eigenvalue weighted by molar-refractivity contribution is -0.148. The van der Waals surface area contributed by atoms with Gasteiger partial charge in [0.2, 0.25) is 5.82 Å². The summed E-state index contributed by atoms with van der Waals surface area (Å²) in [5, 5.41) is 0. The highest BCUT2D eigenvalue weighted by atomic mass is 19.2. The van der Waals surface area contributed by atoms with Crippen LogP contribution in [0.25, 0.3) is 0 Å². The highest BCUT2D eigenvalue weighted by Gasteiger charge is 2.39. The van der Waals surface area contributed by atoms with E-state index >= 15 is 0 Å². The van der Waals surface area contributed by atoms with Crippen LogP contribution < -0.4 is 0 Å². The number of nitrogens with zero attached hydrogens (tertiary/aromatic N) is 1. The quantitative estimate of drug-likeness (QED) is 0.0831. The minimum Gasteiger partial charge on any atom is -0.464 e. The molecule has 9 heteroatoms. The Hall–Kier alpha value is -2.19. The van der Waals surface area contributed by atoms with Crippen LogP contribution in [-0.4, -0.2) is 36.0 Å². The number of hydrogen-bond donors (Lipinski definition) is 0. The van der Waals surface area contributed by atoms with Crippen LogP contribution in [0, 0.1) is 29.1 Å². The molecule has 1 aromatic rings. The number of likely N-dealkylation sites (tertiary alicyclic amines) is 1. The first kappa shape index (κ1) is 29.0. The molecule has 0 radical (unpaired) electrons. The molecule has 1 heterocycles. The summed E-state index contributed by atoms with van der Waals surface area (Å²) < 4.78 is 73.6. The molecule has 35 heavy (non-hydrogen) atoms. The smallest absolute Gasteiger partial charge is 0.328 e. The van der Waals surface area contributed by atoms with E-state index in [1.54, 1.807) is 0 Å². The Labute approximate surface area is 204 Å². The molecule has 0 aliphatic carbocycles. The Morgan fingerprint density at radius 2 is 1.20 bits per heavy atom. The molecule has 1 aliphatic rings. The van der Waals surface area contributed by atoms with Crippen LogP contribution in [0.5, 0.6) is 0 Å². The number of halogens is 5. The zero-order valence-corrected chi connectivity index (χ0v) is 20.5. The summed E-state index contributed by atoms with van der Waals surface area (Å²) in [6, 6.07) is -1.12. The number of carbonyl (C=O) groups is 2. The van der Waals surface area contributed by atoms with E-state index in [1.807, 2.05) is 0 Å². The van der Waals surface area contributed by atoms with Gasteiger partial charge in [-0.15, -0.1) is 0 Å². The van der Waals surface area contributed by atoms with E-state index in [-0.39, 0.29) is 19.6 Å². The Kier molecular flexibility index (Phi) is 12.5. The molecule has 198 valence electrons. The van der Waals surface area contributed by atoms with Crippen molar-refractivity contribution in [3.8, 4) is 0 Å². The van der Waals surface area contributed by atoms with E-state index in [1.165, 1.54) is 51.4 Å². The summed E-state index contributed by atoms with van der Waals surface area (Å²) in [6.45, 7) is 2.31. The van der Waals surface area contributed by atoms with Gasteiger partial charge in [-0.1, -0.05) is 77.6 Å². The van der Waals surface area contributed by atoms with Crippen molar-refractivity contribution >= 4 is 11.9 Å². The van der Waals surface area contributed by atoms with Crippen LogP contribution in [0.1, 0.15) is 107 Å². The van der Waals surface area contributed by atoms with E-state index in [4.69, 9.17) is 4.74 Å². The first-order valence-electron chi connectivity index (χ1n) is 12.8. The fraction of sp³-hybridized carbons (Fsp3) is 0.692. The minimum absolute atomic E-state index is 0.0449. The van der Waals surface area contributed by atoms with Gasteiger partial charge in [0.1, 0.15) is 11.6 Å². The summed E-state index contributed by atoms with van der Waals surface area (Å²) in [6.07, 6.45) is 14.4.